The summed E-state index contributed by atoms with van der Waals surface area (Å²) in [6.45, 7) is 0. The summed E-state index contributed by atoms with van der Waals surface area (Å²) in [7, 11) is 1.87. The smallest absolute Gasteiger partial charge is 0.124 e. The number of benzene rings is 1. The van der Waals surface area contributed by atoms with Crippen LogP contribution < -0.4 is 5.32 Å². The monoisotopic (exact) mass is 331 g/mol. The van der Waals surface area contributed by atoms with E-state index in [1.807, 2.05) is 13.1 Å². The molecular weight excluding hydrogens is 320 g/mol. The van der Waals surface area contributed by atoms with Gasteiger partial charge in [0.15, 0.2) is 0 Å². The lowest BCUT2D eigenvalue weighted by molar-refractivity contribution is 0.557. The maximum absolute atomic E-state index is 13.0. The highest BCUT2D eigenvalue weighted by atomic mass is 127. The van der Waals surface area contributed by atoms with Crippen molar-refractivity contribution in [3.8, 4) is 0 Å². The molecule has 1 heterocycles. The van der Waals surface area contributed by atoms with Crippen LogP contribution in [0.25, 0.3) is 0 Å². The summed E-state index contributed by atoms with van der Waals surface area (Å²) < 4.78 is 19.0. The van der Waals surface area contributed by atoms with Gasteiger partial charge in [-0.15, -0.1) is 0 Å². The molecule has 0 saturated carbocycles. The predicted octanol–water partition coefficient (Wildman–Crippen LogP) is 3.33. The topological polar surface area (TPSA) is 25.2 Å². The van der Waals surface area contributed by atoms with Gasteiger partial charge < -0.3 is 9.73 Å². The highest BCUT2D eigenvalue weighted by Gasteiger charge is 2.16. The van der Waals surface area contributed by atoms with Crippen molar-refractivity contribution in [1.82, 2.24) is 5.32 Å². The molecule has 16 heavy (non-hydrogen) atoms. The molecule has 1 unspecified atom stereocenters. The molecule has 0 aliphatic rings. The summed E-state index contributed by atoms with van der Waals surface area (Å²) in [6, 6.07) is 6.74. The quantitative estimate of drug-likeness (QED) is 0.873. The second-order valence-electron chi connectivity index (χ2n) is 3.44. The summed E-state index contributed by atoms with van der Waals surface area (Å²) in [4.78, 5) is 0. The third-order valence-electron chi connectivity index (χ3n) is 2.44. The molecule has 2 aromatic rings. The molecular formula is C12H11FINO. The second-order valence-corrected chi connectivity index (χ2v) is 4.61. The van der Waals surface area contributed by atoms with Crippen LogP contribution in [-0.4, -0.2) is 7.05 Å². The minimum atomic E-state index is -0.213. The first-order valence-corrected chi connectivity index (χ1v) is 5.94. The molecule has 0 radical (unpaired) electrons. The number of hydrogen-bond acceptors (Lipinski definition) is 2. The first-order valence-electron chi connectivity index (χ1n) is 4.86. The van der Waals surface area contributed by atoms with Crippen molar-refractivity contribution < 1.29 is 8.81 Å². The van der Waals surface area contributed by atoms with Gasteiger partial charge in [-0.2, -0.15) is 0 Å². The van der Waals surface area contributed by atoms with Crippen LogP contribution in [0.15, 0.2) is 41.2 Å². The largest absolute Gasteiger partial charge is 0.472 e. The van der Waals surface area contributed by atoms with Crippen molar-refractivity contribution >= 4 is 22.6 Å². The Bertz CT molecular complexity index is 470. The minimum absolute atomic E-state index is 0.0336. The molecule has 4 heteroatoms. The standard InChI is InChI=1S/C12H11FINO/c1-15-12(8-4-5-16-7-8)10-3-2-9(13)6-11(10)14/h2-7,12,15H,1H3. The van der Waals surface area contributed by atoms with Crippen LogP contribution in [0.2, 0.25) is 0 Å². The fraction of sp³-hybridized carbons (Fsp3) is 0.167. The van der Waals surface area contributed by atoms with Crippen molar-refractivity contribution in [3.63, 3.8) is 0 Å². The van der Waals surface area contributed by atoms with E-state index < -0.39 is 0 Å². The van der Waals surface area contributed by atoms with Crippen molar-refractivity contribution in [2.75, 3.05) is 7.05 Å². The van der Waals surface area contributed by atoms with Gasteiger partial charge in [-0.25, -0.2) is 4.39 Å². The first kappa shape index (κ1) is 11.6. The zero-order chi connectivity index (χ0) is 11.5. The molecule has 1 aromatic heterocycles. The molecule has 1 atom stereocenters. The average Bonchev–Trinajstić information content (AvgIpc) is 2.75. The normalized spacial score (nSPS) is 12.7. The van der Waals surface area contributed by atoms with E-state index >= 15 is 0 Å². The van der Waals surface area contributed by atoms with Gasteiger partial charge in [0.2, 0.25) is 0 Å². The maximum Gasteiger partial charge on any atom is 0.124 e. The van der Waals surface area contributed by atoms with E-state index in [1.165, 1.54) is 12.1 Å². The van der Waals surface area contributed by atoms with Crippen LogP contribution >= 0.6 is 22.6 Å². The van der Waals surface area contributed by atoms with E-state index in [2.05, 4.69) is 27.9 Å². The fourth-order valence-electron chi connectivity index (χ4n) is 1.68. The van der Waals surface area contributed by atoms with Crippen LogP contribution in [0.5, 0.6) is 0 Å². The van der Waals surface area contributed by atoms with Crippen molar-refractivity contribution in [1.29, 1.82) is 0 Å². The molecule has 0 fully saturated rings. The summed E-state index contributed by atoms with van der Waals surface area (Å²) in [5.74, 6) is -0.213. The molecule has 1 N–H and O–H groups in total. The van der Waals surface area contributed by atoms with Crippen molar-refractivity contribution in [3.05, 3.63) is 57.3 Å². The minimum Gasteiger partial charge on any atom is -0.472 e. The van der Waals surface area contributed by atoms with Crippen LogP contribution in [-0.2, 0) is 0 Å². The van der Waals surface area contributed by atoms with Crippen LogP contribution in [0.3, 0.4) is 0 Å². The van der Waals surface area contributed by atoms with Gasteiger partial charge in [0, 0.05) is 9.13 Å². The van der Waals surface area contributed by atoms with Crippen molar-refractivity contribution in [2.45, 2.75) is 6.04 Å². The van der Waals surface area contributed by atoms with Gasteiger partial charge in [0.25, 0.3) is 0 Å². The lowest BCUT2D eigenvalue weighted by atomic mass is 10.0. The van der Waals surface area contributed by atoms with Gasteiger partial charge in [0.1, 0.15) is 5.82 Å². The van der Waals surface area contributed by atoms with Gasteiger partial charge in [-0.05, 0) is 53.4 Å². The zero-order valence-corrected chi connectivity index (χ0v) is 10.9. The molecule has 0 spiro atoms. The Morgan fingerprint density at radius 3 is 2.75 bits per heavy atom. The molecule has 0 amide bonds. The summed E-state index contributed by atoms with van der Waals surface area (Å²) in [6.07, 6.45) is 3.33. The van der Waals surface area contributed by atoms with E-state index in [0.29, 0.717) is 0 Å². The lowest BCUT2D eigenvalue weighted by Gasteiger charge is -2.16. The number of rotatable bonds is 3. The van der Waals surface area contributed by atoms with Gasteiger partial charge in [-0.1, -0.05) is 6.07 Å². The number of hydrogen-bond donors (Lipinski definition) is 1. The Hall–Kier alpha value is -0.880. The van der Waals surface area contributed by atoms with Gasteiger partial charge >= 0.3 is 0 Å². The molecule has 2 rings (SSSR count). The third-order valence-corrected chi connectivity index (χ3v) is 3.37. The van der Waals surface area contributed by atoms with E-state index in [-0.39, 0.29) is 11.9 Å². The number of halogens is 2. The molecule has 0 aliphatic carbocycles. The Morgan fingerprint density at radius 1 is 1.38 bits per heavy atom. The fourth-order valence-corrected chi connectivity index (χ4v) is 2.47. The number of nitrogens with one attached hydrogen (secondary N) is 1. The Morgan fingerprint density at radius 2 is 2.19 bits per heavy atom. The van der Waals surface area contributed by atoms with E-state index in [0.717, 1.165) is 14.7 Å². The third kappa shape index (κ3) is 2.27. The maximum atomic E-state index is 13.0. The average molecular weight is 331 g/mol. The second kappa shape index (κ2) is 4.97. The Balaban J connectivity index is 2.41. The SMILES string of the molecule is CNC(c1ccoc1)c1ccc(F)cc1I. The molecule has 1 aromatic carbocycles. The Kier molecular flexibility index (Phi) is 3.60. The molecule has 0 saturated heterocycles. The first-order chi connectivity index (χ1) is 7.72. The van der Waals surface area contributed by atoms with E-state index in [9.17, 15) is 4.39 Å². The lowest BCUT2D eigenvalue weighted by Crippen LogP contribution is -2.18. The Labute approximate surface area is 107 Å². The highest BCUT2D eigenvalue weighted by molar-refractivity contribution is 14.1. The van der Waals surface area contributed by atoms with Crippen LogP contribution in [0, 0.1) is 9.39 Å². The van der Waals surface area contributed by atoms with Gasteiger partial charge in [0.05, 0.1) is 18.6 Å². The van der Waals surface area contributed by atoms with Crippen LogP contribution in [0.1, 0.15) is 17.2 Å². The van der Waals surface area contributed by atoms with E-state index in [4.69, 9.17) is 4.42 Å². The summed E-state index contributed by atoms with van der Waals surface area (Å²) >= 11 is 2.14. The van der Waals surface area contributed by atoms with E-state index in [1.54, 1.807) is 18.6 Å². The molecule has 0 bridgehead atoms. The molecule has 84 valence electrons. The number of furan rings is 1. The molecule has 0 aliphatic heterocycles. The predicted molar refractivity (Wildman–Crippen MR) is 68.7 cm³/mol. The summed E-state index contributed by atoms with van der Waals surface area (Å²) in [5.41, 5.74) is 2.08. The summed E-state index contributed by atoms with van der Waals surface area (Å²) in [5, 5.41) is 3.19. The molecule has 2 nitrogen and oxygen atoms in total. The highest BCUT2D eigenvalue weighted by Crippen LogP contribution is 2.26. The van der Waals surface area contributed by atoms with Gasteiger partial charge in [-0.3, -0.25) is 0 Å². The van der Waals surface area contributed by atoms with Crippen LogP contribution in [0.4, 0.5) is 4.39 Å². The zero-order valence-electron chi connectivity index (χ0n) is 8.71. The van der Waals surface area contributed by atoms with Crippen molar-refractivity contribution in [2.24, 2.45) is 0 Å².